The van der Waals surface area contributed by atoms with Gasteiger partial charge < -0.3 is 26.0 Å². The predicted molar refractivity (Wildman–Crippen MR) is 89.7 cm³/mol. The lowest BCUT2D eigenvalue weighted by molar-refractivity contribution is -0.595. The number of hydrogen-bond donors (Lipinski definition) is 1. The number of aromatic carboxylic acids is 2. The zero-order valence-electron chi connectivity index (χ0n) is 13.4. The van der Waals surface area contributed by atoms with Gasteiger partial charge in [-0.15, -0.1) is 0 Å². The molecule has 0 amide bonds. The zero-order valence-corrected chi connectivity index (χ0v) is 13.4. The van der Waals surface area contributed by atoms with Crippen molar-refractivity contribution in [2.24, 2.45) is 0 Å². The van der Waals surface area contributed by atoms with Crippen molar-refractivity contribution in [1.82, 2.24) is 4.98 Å². The molecular formula is C18H16N2O6. The molecule has 2 aromatic heterocycles. The SMILES string of the molecule is O.O.O=C([O-])c1cc(C(=O)O)cc(-[n+]2ccc(-c3ccncc3)cc2)c1. The Balaban J connectivity index is 0.00000169. The Kier molecular flexibility index (Phi) is 6.65. The Morgan fingerprint density at radius 2 is 1.42 bits per heavy atom. The number of carboxylic acids is 2. The first-order chi connectivity index (χ1) is 11.5. The van der Waals surface area contributed by atoms with Gasteiger partial charge in [-0.2, -0.15) is 4.57 Å². The van der Waals surface area contributed by atoms with Crippen molar-refractivity contribution in [2.45, 2.75) is 0 Å². The molecule has 2 heterocycles. The molecule has 0 fully saturated rings. The van der Waals surface area contributed by atoms with Crippen molar-refractivity contribution in [3.63, 3.8) is 0 Å². The van der Waals surface area contributed by atoms with E-state index in [1.807, 2.05) is 24.3 Å². The largest absolute Gasteiger partial charge is 0.545 e. The number of carboxylic acid groups (broad SMARTS) is 2. The molecule has 0 atom stereocenters. The fourth-order valence-corrected chi connectivity index (χ4v) is 2.34. The second kappa shape index (κ2) is 8.47. The van der Waals surface area contributed by atoms with Gasteiger partial charge in [-0.05, 0) is 29.3 Å². The summed E-state index contributed by atoms with van der Waals surface area (Å²) in [5, 5.41) is 20.2. The number of carbonyl (C=O) groups is 2. The zero-order chi connectivity index (χ0) is 17.1. The molecule has 0 aliphatic heterocycles. The quantitative estimate of drug-likeness (QED) is 0.620. The number of pyridine rings is 2. The standard InChI is InChI=1S/C18H12N2O4.2H2O/c21-17(22)14-9-15(18(23)24)11-16(10-14)20-7-3-13(4-8-20)12-1-5-19-6-2-12;;/h1-11H,(H-,21,22,23,24);2*1H2. The summed E-state index contributed by atoms with van der Waals surface area (Å²) in [5.74, 6) is -2.62. The van der Waals surface area contributed by atoms with E-state index in [0.717, 1.165) is 17.2 Å². The first-order valence-corrected chi connectivity index (χ1v) is 7.06. The molecule has 3 aromatic rings. The van der Waals surface area contributed by atoms with Gasteiger partial charge in [-0.3, -0.25) is 4.98 Å². The summed E-state index contributed by atoms with van der Waals surface area (Å²) >= 11 is 0. The second-order valence-corrected chi connectivity index (χ2v) is 5.09. The van der Waals surface area contributed by atoms with Crippen LogP contribution in [-0.4, -0.2) is 33.0 Å². The number of hydrogen-bond acceptors (Lipinski definition) is 4. The summed E-state index contributed by atoms with van der Waals surface area (Å²) in [6, 6.07) is 11.3. The minimum Gasteiger partial charge on any atom is -0.545 e. The van der Waals surface area contributed by atoms with Crippen LogP contribution < -0.4 is 9.67 Å². The molecule has 134 valence electrons. The van der Waals surface area contributed by atoms with E-state index in [9.17, 15) is 14.7 Å². The third kappa shape index (κ3) is 4.26. The van der Waals surface area contributed by atoms with Crippen molar-refractivity contribution < 1.29 is 35.3 Å². The van der Waals surface area contributed by atoms with Crippen LogP contribution in [0.15, 0.2) is 67.3 Å². The average Bonchev–Trinajstić information content (AvgIpc) is 2.62. The van der Waals surface area contributed by atoms with Gasteiger partial charge in [0.15, 0.2) is 12.4 Å². The molecule has 0 bridgehead atoms. The van der Waals surface area contributed by atoms with Crippen molar-refractivity contribution >= 4 is 11.9 Å². The Morgan fingerprint density at radius 3 is 1.96 bits per heavy atom. The van der Waals surface area contributed by atoms with E-state index in [1.165, 1.54) is 12.1 Å². The van der Waals surface area contributed by atoms with Crippen LogP contribution >= 0.6 is 0 Å². The van der Waals surface area contributed by atoms with Gasteiger partial charge in [-0.1, -0.05) is 0 Å². The van der Waals surface area contributed by atoms with Crippen molar-refractivity contribution in [3.8, 4) is 16.8 Å². The van der Waals surface area contributed by atoms with Crippen LogP contribution in [0, 0.1) is 0 Å². The Hall–Kier alpha value is -3.62. The van der Waals surface area contributed by atoms with E-state index in [2.05, 4.69) is 4.98 Å². The van der Waals surface area contributed by atoms with Gasteiger partial charge in [-0.25, -0.2) is 4.79 Å². The van der Waals surface area contributed by atoms with E-state index in [1.54, 1.807) is 29.4 Å². The fraction of sp³-hybridized carbons (Fsp3) is 0. The lowest BCUT2D eigenvalue weighted by atomic mass is 10.1. The van der Waals surface area contributed by atoms with E-state index in [4.69, 9.17) is 5.11 Å². The molecule has 5 N–H and O–H groups in total. The third-order valence-electron chi connectivity index (χ3n) is 3.54. The van der Waals surface area contributed by atoms with Gasteiger partial charge in [0.05, 0.1) is 11.5 Å². The highest BCUT2D eigenvalue weighted by Gasteiger charge is 2.14. The van der Waals surface area contributed by atoms with Gasteiger partial charge in [0, 0.05) is 42.2 Å². The minimum absolute atomic E-state index is 0. The molecular weight excluding hydrogens is 340 g/mol. The molecule has 0 aliphatic rings. The van der Waals surface area contributed by atoms with Crippen molar-refractivity contribution in [1.29, 1.82) is 0 Å². The monoisotopic (exact) mass is 356 g/mol. The summed E-state index contributed by atoms with van der Waals surface area (Å²) in [6.07, 6.45) is 6.85. The topological polar surface area (TPSA) is 157 Å². The Morgan fingerprint density at radius 1 is 0.885 bits per heavy atom. The number of benzene rings is 1. The highest BCUT2D eigenvalue weighted by Crippen LogP contribution is 2.17. The van der Waals surface area contributed by atoms with E-state index >= 15 is 0 Å². The van der Waals surface area contributed by atoms with Crippen LogP contribution in [0.1, 0.15) is 20.7 Å². The van der Waals surface area contributed by atoms with Crippen molar-refractivity contribution in [3.05, 3.63) is 78.4 Å². The third-order valence-corrected chi connectivity index (χ3v) is 3.54. The van der Waals surface area contributed by atoms with Gasteiger partial charge >= 0.3 is 5.97 Å². The molecule has 8 nitrogen and oxygen atoms in total. The molecule has 3 rings (SSSR count). The fourth-order valence-electron chi connectivity index (χ4n) is 2.34. The molecule has 26 heavy (non-hydrogen) atoms. The second-order valence-electron chi connectivity index (χ2n) is 5.09. The summed E-state index contributed by atoms with van der Waals surface area (Å²) in [7, 11) is 0. The van der Waals surface area contributed by atoms with E-state index < -0.39 is 11.9 Å². The van der Waals surface area contributed by atoms with Crippen LogP contribution in [-0.2, 0) is 0 Å². The van der Waals surface area contributed by atoms with E-state index in [-0.39, 0.29) is 22.1 Å². The maximum absolute atomic E-state index is 11.2. The average molecular weight is 356 g/mol. The number of aromatic nitrogens is 2. The van der Waals surface area contributed by atoms with Crippen LogP contribution in [0.4, 0.5) is 0 Å². The Labute approximate surface area is 148 Å². The summed E-state index contributed by atoms with van der Waals surface area (Å²) in [6.45, 7) is 0. The van der Waals surface area contributed by atoms with Crippen LogP contribution in [0.5, 0.6) is 0 Å². The summed E-state index contributed by atoms with van der Waals surface area (Å²) in [5.41, 5.74) is 2.08. The van der Waals surface area contributed by atoms with Gasteiger partial charge in [0.25, 0.3) is 0 Å². The molecule has 8 heteroatoms. The maximum Gasteiger partial charge on any atom is 0.335 e. The summed E-state index contributed by atoms with van der Waals surface area (Å²) < 4.78 is 1.64. The van der Waals surface area contributed by atoms with Crippen molar-refractivity contribution in [2.75, 3.05) is 0 Å². The Bertz CT molecular complexity index is 878. The summed E-state index contributed by atoms with van der Waals surface area (Å²) in [4.78, 5) is 26.2. The number of nitrogens with zero attached hydrogens (tertiary/aromatic N) is 2. The number of carbonyl (C=O) groups excluding carboxylic acids is 1. The normalized spacial score (nSPS) is 9.54. The van der Waals surface area contributed by atoms with Crippen LogP contribution in [0.2, 0.25) is 0 Å². The first kappa shape index (κ1) is 20.4. The minimum atomic E-state index is -1.42. The molecule has 0 aliphatic carbocycles. The highest BCUT2D eigenvalue weighted by atomic mass is 16.4. The predicted octanol–water partition coefficient (Wildman–Crippen LogP) is -0.562. The maximum atomic E-state index is 11.2. The molecule has 0 unspecified atom stereocenters. The molecule has 0 saturated carbocycles. The lowest BCUT2D eigenvalue weighted by Crippen LogP contribution is -2.31. The smallest absolute Gasteiger partial charge is 0.335 e. The first-order valence-electron chi connectivity index (χ1n) is 7.06. The highest BCUT2D eigenvalue weighted by molar-refractivity contribution is 5.93. The lowest BCUT2D eigenvalue weighted by Gasteiger charge is -2.06. The molecule has 0 spiro atoms. The number of rotatable bonds is 4. The molecule has 0 radical (unpaired) electrons. The van der Waals surface area contributed by atoms with Gasteiger partial charge in [0.1, 0.15) is 0 Å². The van der Waals surface area contributed by atoms with E-state index in [0.29, 0.717) is 5.69 Å². The van der Waals surface area contributed by atoms with Gasteiger partial charge in [0.2, 0.25) is 5.69 Å². The molecule has 0 saturated heterocycles. The molecule has 1 aromatic carbocycles. The van der Waals surface area contributed by atoms with Crippen LogP contribution in [0.25, 0.3) is 16.8 Å². The van der Waals surface area contributed by atoms with Crippen LogP contribution in [0.3, 0.4) is 0 Å².